The Bertz CT molecular complexity index is 599. The minimum atomic E-state index is -0.809. The molecule has 112 valence electrons. The van der Waals surface area contributed by atoms with Gasteiger partial charge in [0.1, 0.15) is 0 Å². The smallest absolute Gasteiger partial charge is 0.159 e. The van der Waals surface area contributed by atoms with Crippen molar-refractivity contribution < 1.29 is 8.78 Å². The highest BCUT2D eigenvalue weighted by Crippen LogP contribution is 2.15. The van der Waals surface area contributed by atoms with Gasteiger partial charge < -0.3 is 5.73 Å². The minimum absolute atomic E-state index is 0.583. The van der Waals surface area contributed by atoms with Crippen molar-refractivity contribution in [3.8, 4) is 0 Å². The lowest BCUT2D eigenvalue weighted by atomic mass is 10.1. The van der Waals surface area contributed by atoms with Gasteiger partial charge in [-0.1, -0.05) is 25.1 Å². The fourth-order valence-corrected chi connectivity index (χ4v) is 2.38. The Kier molecular flexibility index (Phi) is 5.28. The van der Waals surface area contributed by atoms with Crippen LogP contribution in [-0.4, -0.2) is 11.4 Å². The molecule has 0 amide bonds. The molecule has 2 aromatic rings. The molecule has 0 aliphatic heterocycles. The van der Waals surface area contributed by atoms with Crippen molar-refractivity contribution >= 4 is 5.69 Å². The molecule has 0 radical (unpaired) electrons. The van der Waals surface area contributed by atoms with Crippen molar-refractivity contribution in [1.29, 1.82) is 0 Å². The van der Waals surface area contributed by atoms with Gasteiger partial charge in [0.25, 0.3) is 0 Å². The molecule has 0 bridgehead atoms. The fourth-order valence-electron chi connectivity index (χ4n) is 2.38. The molecule has 0 aliphatic rings. The molecule has 2 nitrogen and oxygen atoms in total. The maximum Gasteiger partial charge on any atom is 0.159 e. The summed E-state index contributed by atoms with van der Waals surface area (Å²) in [5.41, 5.74) is 8.41. The van der Waals surface area contributed by atoms with Crippen LogP contribution in [0.3, 0.4) is 0 Å². The van der Waals surface area contributed by atoms with Crippen LogP contribution in [0.5, 0.6) is 0 Å². The van der Waals surface area contributed by atoms with Crippen molar-refractivity contribution in [2.45, 2.75) is 26.4 Å². The maximum atomic E-state index is 13.3. The van der Waals surface area contributed by atoms with Crippen LogP contribution in [0.15, 0.2) is 42.5 Å². The first-order valence-corrected chi connectivity index (χ1v) is 7.09. The minimum Gasteiger partial charge on any atom is -0.399 e. The average Bonchev–Trinajstić information content (AvgIpc) is 2.43. The van der Waals surface area contributed by atoms with E-state index in [1.165, 1.54) is 12.1 Å². The Morgan fingerprint density at radius 1 is 0.952 bits per heavy atom. The van der Waals surface area contributed by atoms with Crippen LogP contribution in [0, 0.1) is 11.6 Å². The van der Waals surface area contributed by atoms with Gasteiger partial charge in [-0.2, -0.15) is 0 Å². The molecule has 0 heterocycles. The summed E-state index contributed by atoms with van der Waals surface area (Å²) in [6.07, 6.45) is 0.992. The van der Waals surface area contributed by atoms with E-state index < -0.39 is 11.6 Å². The Hall–Kier alpha value is -1.94. The van der Waals surface area contributed by atoms with Gasteiger partial charge in [0.05, 0.1) is 0 Å². The van der Waals surface area contributed by atoms with Gasteiger partial charge in [-0.3, -0.25) is 4.90 Å². The van der Waals surface area contributed by atoms with Crippen LogP contribution < -0.4 is 5.73 Å². The van der Waals surface area contributed by atoms with E-state index in [0.717, 1.165) is 36.3 Å². The summed E-state index contributed by atoms with van der Waals surface area (Å²) in [5.74, 6) is -1.61. The van der Waals surface area contributed by atoms with Crippen molar-refractivity contribution in [2.24, 2.45) is 0 Å². The third-order valence-electron chi connectivity index (χ3n) is 3.29. The summed E-state index contributed by atoms with van der Waals surface area (Å²) in [5, 5.41) is 0. The van der Waals surface area contributed by atoms with E-state index in [4.69, 9.17) is 5.73 Å². The second-order valence-corrected chi connectivity index (χ2v) is 5.20. The molecule has 0 spiro atoms. The first-order valence-electron chi connectivity index (χ1n) is 7.09. The second kappa shape index (κ2) is 7.18. The van der Waals surface area contributed by atoms with E-state index >= 15 is 0 Å². The molecule has 4 heteroatoms. The Labute approximate surface area is 124 Å². The Morgan fingerprint density at radius 3 is 2.29 bits per heavy atom. The zero-order valence-electron chi connectivity index (χ0n) is 12.2. The molecule has 2 aromatic carbocycles. The number of hydrogen-bond donors (Lipinski definition) is 1. The Morgan fingerprint density at radius 2 is 1.67 bits per heavy atom. The summed E-state index contributed by atoms with van der Waals surface area (Å²) in [6, 6.07) is 11.8. The lowest BCUT2D eigenvalue weighted by Gasteiger charge is -2.22. The summed E-state index contributed by atoms with van der Waals surface area (Å²) in [4.78, 5) is 2.20. The molecule has 0 unspecified atom stereocenters. The molecule has 0 fully saturated rings. The topological polar surface area (TPSA) is 29.3 Å². The molecule has 0 saturated carbocycles. The van der Waals surface area contributed by atoms with Gasteiger partial charge >= 0.3 is 0 Å². The standard InChI is InChI=1S/C17H20F2N2/c1-2-8-21(11-13-4-3-5-15(20)9-13)12-14-6-7-16(18)17(19)10-14/h3-7,9-10H,2,8,11-12,20H2,1H3. The summed E-state index contributed by atoms with van der Waals surface area (Å²) >= 11 is 0. The van der Waals surface area contributed by atoms with Crippen LogP contribution in [0.2, 0.25) is 0 Å². The number of nitrogens with two attached hydrogens (primary N) is 1. The molecular formula is C17H20F2N2. The largest absolute Gasteiger partial charge is 0.399 e. The average molecular weight is 290 g/mol. The van der Waals surface area contributed by atoms with Gasteiger partial charge in [-0.15, -0.1) is 0 Å². The van der Waals surface area contributed by atoms with Crippen LogP contribution in [0.4, 0.5) is 14.5 Å². The molecule has 2 N–H and O–H groups in total. The number of benzene rings is 2. The van der Waals surface area contributed by atoms with Crippen molar-refractivity contribution in [2.75, 3.05) is 12.3 Å². The number of anilines is 1. The normalized spacial score (nSPS) is 11.0. The SMILES string of the molecule is CCCN(Cc1cccc(N)c1)Cc1ccc(F)c(F)c1. The van der Waals surface area contributed by atoms with E-state index in [2.05, 4.69) is 11.8 Å². The highest BCUT2D eigenvalue weighted by Gasteiger charge is 2.09. The first kappa shape index (κ1) is 15.4. The number of nitrogen functional groups attached to an aromatic ring is 1. The van der Waals surface area contributed by atoms with E-state index in [1.54, 1.807) is 6.07 Å². The van der Waals surface area contributed by atoms with Crippen LogP contribution in [0.25, 0.3) is 0 Å². The van der Waals surface area contributed by atoms with Gasteiger partial charge in [-0.05, 0) is 48.4 Å². The number of nitrogens with zero attached hydrogens (tertiary/aromatic N) is 1. The van der Waals surface area contributed by atoms with E-state index in [1.807, 2.05) is 24.3 Å². The molecule has 0 saturated heterocycles. The molecule has 2 rings (SSSR count). The lowest BCUT2D eigenvalue weighted by molar-refractivity contribution is 0.257. The van der Waals surface area contributed by atoms with Crippen molar-refractivity contribution in [3.63, 3.8) is 0 Å². The van der Waals surface area contributed by atoms with Gasteiger partial charge in [-0.25, -0.2) is 8.78 Å². The fraction of sp³-hybridized carbons (Fsp3) is 0.294. The monoisotopic (exact) mass is 290 g/mol. The van der Waals surface area contributed by atoms with Gasteiger partial charge in [0.15, 0.2) is 11.6 Å². The van der Waals surface area contributed by atoms with Crippen LogP contribution in [-0.2, 0) is 13.1 Å². The first-order chi connectivity index (χ1) is 10.1. The second-order valence-electron chi connectivity index (χ2n) is 5.20. The molecule has 21 heavy (non-hydrogen) atoms. The summed E-state index contributed by atoms with van der Waals surface area (Å²) in [6.45, 7) is 4.29. The van der Waals surface area contributed by atoms with Crippen molar-refractivity contribution in [1.82, 2.24) is 4.90 Å². The Balaban J connectivity index is 2.09. The number of hydrogen-bond acceptors (Lipinski definition) is 2. The predicted octanol–water partition coefficient (Wildman–Crippen LogP) is 3.96. The summed E-state index contributed by atoms with van der Waals surface area (Å²) in [7, 11) is 0. The van der Waals surface area contributed by atoms with Crippen LogP contribution >= 0.6 is 0 Å². The molecule has 0 aromatic heterocycles. The van der Waals surface area contributed by atoms with E-state index in [9.17, 15) is 8.78 Å². The van der Waals surface area contributed by atoms with Gasteiger partial charge in [0.2, 0.25) is 0 Å². The third-order valence-corrected chi connectivity index (χ3v) is 3.29. The third kappa shape index (κ3) is 4.53. The zero-order valence-corrected chi connectivity index (χ0v) is 12.2. The summed E-state index contributed by atoms with van der Waals surface area (Å²) < 4.78 is 26.3. The highest BCUT2D eigenvalue weighted by atomic mass is 19.2. The van der Waals surface area contributed by atoms with E-state index in [-0.39, 0.29) is 0 Å². The quantitative estimate of drug-likeness (QED) is 0.816. The molecular weight excluding hydrogens is 270 g/mol. The number of rotatable bonds is 6. The zero-order chi connectivity index (χ0) is 15.2. The maximum absolute atomic E-state index is 13.3. The van der Waals surface area contributed by atoms with Gasteiger partial charge in [0, 0.05) is 18.8 Å². The van der Waals surface area contributed by atoms with Crippen LogP contribution in [0.1, 0.15) is 24.5 Å². The number of halogens is 2. The molecule has 0 atom stereocenters. The highest BCUT2D eigenvalue weighted by molar-refractivity contribution is 5.40. The van der Waals surface area contributed by atoms with E-state index in [0.29, 0.717) is 6.54 Å². The predicted molar refractivity (Wildman–Crippen MR) is 81.6 cm³/mol. The van der Waals surface area contributed by atoms with Crippen molar-refractivity contribution in [3.05, 3.63) is 65.2 Å². The lowest BCUT2D eigenvalue weighted by Crippen LogP contribution is -2.23. The molecule has 0 aliphatic carbocycles.